The van der Waals surface area contributed by atoms with Crippen LogP contribution in [0.3, 0.4) is 0 Å². The van der Waals surface area contributed by atoms with Gasteiger partial charge in [0.1, 0.15) is 22.1 Å². The number of hydrogen-bond acceptors (Lipinski definition) is 8. The number of para-hydroxylation sites is 1. The minimum Gasteiger partial charge on any atom is -0.497 e. The van der Waals surface area contributed by atoms with Crippen LogP contribution in [-0.2, 0) is 14.3 Å². The zero-order chi connectivity index (χ0) is 27.2. The number of hydrogen-bond donors (Lipinski definition) is 1. The van der Waals surface area contributed by atoms with E-state index >= 15 is 0 Å². The molecule has 1 aliphatic heterocycles. The van der Waals surface area contributed by atoms with Gasteiger partial charge in [0.2, 0.25) is 0 Å². The van der Waals surface area contributed by atoms with E-state index in [0.717, 1.165) is 15.4 Å². The maximum atomic E-state index is 13.8. The van der Waals surface area contributed by atoms with Crippen molar-refractivity contribution in [1.82, 2.24) is 0 Å². The fourth-order valence-electron chi connectivity index (χ4n) is 3.81. The van der Waals surface area contributed by atoms with Crippen molar-refractivity contribution in [3.63, 3.8) is 0 Å². The van der Waals surface area contributed by atoms with Crippen LogP contribution in [0.2, 0.25) is 0 Å². The van der Waals surface area contributed by atoms with Crippen LogP contribution < -0.4 is 19.7 Å². The van der Waals surface area contributed by atoms with E-state index in [1.807, 2.05) is 38.1 Å². The molecule has 0 radical (unpaired) electrons. The first-order chi connectivity index (χ1) is 18.4. The molecule has 3 aromatic carbocycles. The smallest absolute Gasteiger partial charge is 0.340 e. The Morgan fingerprint density at radius 3 is 2.37 bits per heavy atom. The van der Waals surface area contributed by atoms with Gasteiger partial charge in [-0.25, -0.2) is 9.69 Å². The molecular weight excluding hydrogens is 504 g/mol. The SMILES string of the molecule is CCCOC(=O)c1ccccc1N1C(=O)C(Nc2ccc(OC)cc2OC)=C(Sc2ccc(C)cc2)C1=O. The molecule has 0 aromatic heterocycles. The molecule has 0 atom stereocenters. The van der Waals surface area contributed by atoms with Gasteiger partial charge in [-0.3, -0.25) is 9.59 Å². The molecular formula is C29H28N2O6S. The summed E-state index contributed by atoms with van der Waals surface area (Å²) in [6.07, 6.45) is 0.645. The maximum Gasteiger partial charge on any atom is 0.340 e. The summed E-state index contributed by atoms with van der Waals surface area (Å²) in [4.78, 5) is 42.4. The number of carbonyl (C=O) groups is 3. The third-order valence-corrected chi connectivity index (χ3v) is 6.84. The van der Waals surface area contributed by atoms with E-state index in [0.29, 0.717) is 23.6 Å². The highest BCUT2D eigenvalue weighted by Crippen LogP contribution is 2.40. The third-order valence-electron chi connectivity index (χ3n) is 5.75. The van der Waals surface area contributed by atoms with Crippen molar-refractivity contribution in [3.8, 4) is 11.5 Å². The minimum atomic E-state index is -0.603. The van der Waals surface area contributed by atoms with Crippen LogP contribution in [0.5, 0.6) is 11.5 Å². The van der Waals surface area contributed by atoms with Gasteiger partial charge in [-0.15, -0.1) is 0 Å². The molecule has 1 heterocycles. The predicted octanol–water partition coefficient (Wildman–Crippen LogP) is 5.57. The van der Waals surface area contributed by atoms with Crippen molar-refractivity contribution < 1.29 is 28.6 Å². The van der Waals surface area contributed by atoms with E-state index in [2.05, 4.69) is 5.32 Å². The fourth-order valence-corrected chi connectivity index (χ4v) is 4.73. The summed E-state index contributed by atoms with van der Waals surface area (Å²) in [6.45, 7) is 4.08. The second kappa shape index (κ2) is 11.9. The Bertz CT molecular complexity index is 1400. The van der Waals surface area contributed by atoms with Crippen molar-refractivity contribution in [2.45, 2.75) is 25.2 Å². The normalized spacial score (nSPS) is 13.1. The predicted molar refractivity (Wildman–Crippen MR) is 147 cm³/mol. The minimum absolute atomic E-state index is 0.0702. The van der Waals surface area contributed by atoms with Crippen molar-refractivity contribution in [1.29, 1.82) is 0 Å². The Hall–Kier alpha value is -4.24. The summed E-state index contributed by atoms with van der Waals surface area (Å²) in [5.74, 6) is -0.747. The number of thioether (sulfide) groups is 1. The summed E-state index contributed by atoms with van der Waals surface area (Å²) in [7, 11) is 3.04. The van der Waals surface area contributed by atoms with Crippen molar-refractivity contribution in [3.05, 3.63) is 88.5 Å². The number of aryl methyl sites for hydroxylation is 1. The monoisotopic (exact) mass is 532 g/mol. The lowest BCUT2D eigenvalue weighted by molar-refractivity contribution is -0.120. The van der Waals surface area contributed by atoms with Crippen LogP contribution >= 0.6 is 11.8 Å². The summed E-state index contributed by atoms with van der Waals surface area (Å²) in [5.41, 5.74) is 1.90. The van der Waals surface area contributed by atoms with Crippen LogP contribution in [0.15, 0.2) is 82.2 Å². The first kappa shape index (κ1) is 26.8. The number of rotatable bonds is 10. The largest absolute Gasteiger partial charge is 0.497 e. The van der Waals surface area contributed by atoms with Gasteiger partial charge in [-0.2, -0.15) is 0 Å². The van der Waals surface area contributed by atoms with Crippen molar-refractivity contribution >= 4 is 40.9 Å². The Morgan fingerprint density at radius 2 is 1.68 bits per heavy atom. The molecule has 0 bridgehead atoms. The Balaban J connectivity index is 1.78. The average molecular weight is 533 g/mol. The third kappa shape index (κ3) is 5.52. The number of methoxy groups -OCH3 is 2. The molecule has 0 spiro atoms. The lowest BCUT2D eigenvalue weighted by Crippen LogP contribution is -2.33. The lowest BCUT2D eigenvalue weighted by atomic mass is 10.1. The first-order valence-electron chi connectivity index (χ1n) is 12.0. The molecule has 2 amide bonds. The van der Waals surface area contributed by atoms with Crippen LogP contribution in [0.25, 0.3) is 0 Å². The molecule has 38 heavy (non-hydrogen) atoms. The van der Waals surface area contributed by atoms with Gasteiger partial charge in [0.25, 0.3) is 11.8 Å². The molecule has 3 aromatic rings. The summed E-state index contributed by atoms with van der Waals surface area (Å²) < 4.78 is 16.1. The number of amides is 2. The highest BCUT2D eigenvalue weighted by atomic mass is 32.2. The summed E-state index contributed by atoms with van der Waals surface area (Å²) in [6, 6.07) is 19.2. The number of nitrogens with one attached hydrogen (secondary N) is 1. The van der Waals surface area contributed by atoms with Gasteiger partial charge >= 0.3 is 5.97 Å². The van der Waals surface area contributed by atoms with E-state index < -0.39 is 17.8 Å². The Morgan fingerprint density at radius 1 is 0.947 bits per heavy atom. The van der Waals surface area contributed by atoms with Crippen LogP contribution in [-0.4, -0.2) is 38.6 Å². The molecule has 4 rings (SSSR count). The molecule has 0 saturated heterocycles. The molecule has 0 unspecified atom stereocenters. The maximum absolute atomic E-state index is 13.8. The average Bonchev–Trinajstić information content (AvgIpc) is 3.16. The number of anilines is 2. The first-order valence-corrected chi connectivity index (χ1v) is 12.8. The Labute approximate surface area is 225 Å². The molecule has 1 aliphatic rings. The molecule has 0 saturated carbocycles. The van der Waals surface area contributed by atoms with Gasteiger partial charge in [0.15, 0.2) is 0 Å². The van der Waals surface area contributed by atoms with E-state index in [9.17, 15) is 14.4 Å². The second-order valence-electron chi connectivity index (χ2n) is 8.41. The summed E-state index contributed by atoms with van der Waals surface area (Å²) >= 11 is 1.17. The number of nitrogens with zero attached hydrogens (tertiary/aromatic N) is 1. The van der Waals surface area contributed by atoms with E-state index in [-0.39, 0.29) is 28.5 Å². The molecule has 0 fully saturated rings. The van der Waals surface area contributed by atoms with E-state index in [1.54, 1.807) is 49.6 Å². The molecule has 9 heteroatoms. The van der Waals surface area contributed by atoms with E-state index in [4.69, 9.17) is 14.2 Å². The highest BCUT2D eigenvalue weighted by Gasteiger charge is 2.42. The van der Waals surface area contributed by atoms with E-state index in [1.165, 1.54) is 18.9 Å². The molecule has 8 nitrogen and oxygen atoms in total. The van der Waals surface area contributed by atoms with Crippen LogP contribution in [0, 0.1) is 6.92 Å². The van der Waals surface area contributed by atoms with Crippen molar-refractivity contribution in [2.24, 2.45) is 0 Å². The zero-order valence-corrected chi connectivity index (χ0v) is 22.4. The zero-order valence-electron chi connectivity index (χ0n) is 21.6. The van der Waals surface area contributed by atoms with Gasteiger partial charge in [-0.1, -0.05) is 48.5 Å². The number of esters is 1. The molecule has 0 aliphatic carbocycles. The topological polar surface area (TPSA) is 94.2 Å². The van der Waals surface area contributed by atoms with Gasteiger partial charge in [-0.05, 0) is 49.7 Å². The fraction of sp³-hybridized carbons (Fsp3) is 0.207. The quantitative estimate of drug-likeness (QED) is 0.268. The van der Waals surface area contributed by atoms with Crippen LogP contribution in [0.1, 0.15) is 29.3 Å². The van der Waals surface area contributed by atoms with Crippen molar-refractivity contribution in [2.75, 3.05) is 31.0 Å². The molecule has 1 N–H and O–H groups in total. The number of benzene rings is 3. The van der Waals surface area contributed by atoms with Gasteiger partial charge in [0, 0.05) is 11.0 Å². The summed E-state index contributed by atoms with van der Waals surface area (Å²) in [5, 5.41) is 3.11. The van der Waals surface area contributed by atoms with Gasteiger partial charge < -0.3 is 19.5 Å². The Kier molecular flexibility index (Phi) is 8.38. The highest BCUT2D eigenvalue weighted by molar-refractivity contribution is 8.04. The number of imide groups is 1. The van der Waals surface area contributed by atoms with Crippen LogP contribution in [0.4, 0.5) is 11.4 Å². The van der Waals surface area contributed by atoms with Gasteiger partial charge in [0.05, 0.1) is 37.8 Å². The standard InChI is InChI=1S/C29H28N2O6S/c1-5-16-37-29(34)21-8-6-7-9-23(21)31-27(32)25(30-22-15-12-19(35-3)17-24(22)36-4)26(28(31)33)38-20-13-10-18(2)11-14-20/h6-15,17,30H,5,16H2,1-4H3. The molecule has 196 valence electrons. The number of carbonyl (C=O) groups excluding carboxylic acids is 3. The lowest BCUT2D eigenvalue weighted by Gasteiger charge is -2.18. The second-order valence-corrected chi connectivity index (χ2v) is 9.49. The number of ether oxygens (including phenoxy) is 3.